The molecule has 0 atom stereocenters. The maximum Gasteiger partial charge on any atom is 0.269 e. The van der Waals surface area contributed by atoms with Gasteiger partial charge in [0.05, 0.1) is 29.0 Å². The number of likely N-dealkylation sites (N-methyl/N-ethyl adjacent to an activating group) is 1. The first-order valence-electron chi connectivity index (χ1n) is 9.86. The Morgan fingerprint density at radius 3 is 2.81 bits per heavy atom. The van der Waals surface area contributed by atoms with E-state index in [-0.39, 0.29) is 5.91 Å². The minimum atomic E-state index is -0.0151. The van der Waals surface area contributed by atoms with E-state index < -0.39 is 0 Å². The first kappa shape index (κ1) is 20.0. The van der Waals surface area contributed by atoms with Gasteiger partial charge in [0, 0.05) is 36.1 Å². The Labute approximate surface area is 189 Å². The summed E-state index contributed by atoms with van der Waals surface area (Å²) >= 11 is 3.03. The third kappa shape index (κ3) is 3.36. The van der Waals surface area contributed by atoms with Gasteiger partial charge in [0.1, 0.15) is 10.7 Å². The molecule has 2 aliphatic rings. The number of pyridine rings is 1. The molecule has 2 aromatic carbocycles. The van der Waals surface area contributed by atoms with Crippen LogP contribution in [0.1, 0.15) is 6.92 Å². The fraction of sp³-hybridized carbons (Fsp3) is 0.174. The summed E-state index contributed by atoms with van der Waals surface area (Å²) in [4.78, 5) is 28.2. The number of nitrogens with zero attached hydrogens (tertiary/aromatic N) is 4. The Bertz CT molecular complexity index is 1270. The monoisotopic (exact) mass is 448 g/mol. The van der Waals surface area contributed by atoms with Crippen LogP contribution in [0.3, 0.4) is 0 Å². The number of rotatable bonds is 3. The molecule has 0 saturated carbocycles. The standard InChI is InChI=1S/C23H20N4O2S2/c1-4-27-21(28)20(22-26(2)18-13-14(29-3)10-11-19(18)30-22)31-23(27)25-17-9-5-8-16-15(17)7-6-12-24-16/h5-13H,4H2,1-3H3. The largest absolute Gasteiger partial charge is 0.497 e. The molecule has 1 fully saturated rings. The van der Waals surface area contributed by atoms with Crippen LogP contribution in [-0.2, 0) is 4.79 Å². The van der Waals surface area contributed by atoms with Crippen molar-refractivity contribution in [3.63, 3.8) is 0 Å². The molecule has 5 rings (SSSR count). The number of thioether (sulfide) groups is 2. The second-order valence-corrected chi connectivity index (χ2v) is 9.03. The molecule has 3 heterocycles. The van der Waals surface area contributed by atoms with Gasteiger partial charge in [0.25, 0.3) is 5.91 Å². The summed E-state index contributed by atoms with van der Waals surface area (Å²) in [7, 11) is 3.64. The van der Waals surface area contributed by atoms with Gasteiger partial charge in [0.15, 0.2) is 5.17 Å². The zero-order valence-electron chi connectivity index (χ0n) is 17.3. The molecule has 8 heteroatoms. The summed E-state index contributed by atoms with van der Waals surface area (Å²) in [5.74, 6) is 0.781. The molecule has 1 aromatic heterocycles. The van der Waals surface area contributed by atoms with Crippen LogP contribution >= 0.6 is 23.5 Å². The highest BCUT2D eigenvalue weighted by atomic mass is 32.2. The van der Waals surface area contributed by atoms with Crippen molar-refractivity contribution in [3.05, 3.63) is 64.7 Å². The normalized spacial score (nSPS) is 19.6. The summed E-state index contributed by atoms with van der Waals surface area (Å²) in [5.41, 5.74) is 2.73. The van der Waals surface area contributed by atoms with Gasteiger partial charge in [-0.25, -0.2) is 4.99 Å². The third-order valence-corrected chi connectivity index (χ3v) is 7.68. The minimum absolute atomic E-state index is 0.0151. The molecule has 0 unspecified atom stereocenters. The average Bonchev–Trinajstić information content (AvgIpc) is 3.29. The van der Waals surface area contributed by atoms with Crippen LogP contribution in [0.15, 0.2) is 74.5 Å². The minimum Gasteiger partial charge on any atom is -0.497 e. The fourth-order valence-electron chi connectivity index (χ4n) is 3.64. The summed E-state index contributed by atoms with van der Waals surface area (Å²) < 4.78 is 5.37. The number of amidine groups is 1. The molecule has 31 heavy (non-hydrogen) atoms. The van der Waals surface area contributed by atoms with Crippen molar-refractivity contribution >= 4 is 56.9 Å². The first-order valence-corrected chi connectivity index (χ1v) is 11.5. The quantitative estimate of drug-likeness (QED) is 0.511. The second-order valence-electron chi connectivity index (χ2n) is 7.02. The highest BCUT2D eigenvalue weighted by Gasteiger charge is 2.38. The van der Waals surface area contributed by atoms with Gasteiger partial charge in [-0.2, -0.15) is 0 Å². The number of carbonyl (C=O) groups excluding carboxylic acids is 1. The van der Waals surface area contributed by atoms with Crippen LogP contribution < -0.4 is 9.64 Å². The smallest absolute Gasteiger partial charge is 0.269 e. The van der Waals surface area contributed by atoms with Crippen LogP contribution in [0.25, 0.3) is 10.9 Å². The molecule has 1 saturated heterocycles. The van der Waals surface area contributed by atoms with Crippen LogP contribution in [0.2, 0.25) is 0 Å². The van der Waals surface area contributed by atoms with Crippen molar-refractivity contribution in [3.8, 4) is 5.75 Å². The van der Waals surface area contributed by atoms with E-state index in [4.69, 9.17) is 9.73 Å². The van der Waals surface area contributed by atoms with Crippen molar-refractivity contribution < 1.29 is 9.53 Å². The Morgan fingerprint density at radius 2 is 2.00 bits per heavy atom. The van der Waals surface area contributed by atoms with Crippen LogP contribution in [0, 0.1) is 0 Å². The predicted octanol–water partition coefficient (Wildman–Crippen LogP) is 5.24. The van der Waals surface area contributed by atoms with Gasteiger partial charge >= 0.3 is 0 Å². The summed E-state index contributed by atoms with van der Waals surface area (Å²) in [6.45, 7) is 2.52. The second kappa shape index (κ2) is 7.94. The molecule has 0 radical (unpaired) electrons. The van der Waals surface area contributed by atoms with E-state index in [1.54, 1.807) is 30.0 Å². The predicted molar refractivity (Wildman–Crippen MR) is 128 cm³/mol. The van der Waals surface area contributed by atoms with E-state index in [0.717, 1.165) is 38.0 Å². The fourth-order valence-corrected chi connectivity index (χ4v) is 6.02. The summed E-state index contributed by atoms with van der Waals surface area (Å²) in [6, 6.07) is 15.7. The van der Waals surface area contributed by atoms with Crippen molar-refractivity contribution in [2.75, 3.05) is 25.6 Å². The number of ether oxygens (including phenoxy) is 1. The molecule has 6 nitrogen and oxygen atoms in total. The number of benzene rings is 2. The van der Waals surface area contributed by atoms with Crippen LogP contribution in [0.5, 0.6) is 5.75 Å². The van der Waals surface area contributed by atoms with Gasteiger partial charge in [-0.3, -0.25) is 14.7 Å². The highest BCUT2D eigenvalue weighted by molar-refractivity contribution is 8.19. The SMILES string of the molecule is CCN1C(=O)C(=C2Sc3ccc(OC)cc3N2C)SC1=Nc1cccc2ncccc12. The van der Waals surface area contributed by atoms with E-state index in [0.29, 0.717) is 16.6 Å². The van der Waals surface area contributed by atoms with Gasteiger partial charge in [0.2, 0.25) is 0 Å². The number of aliphatic imine (C=N–C) groups is 1. The lowest BCUT2D eigenvalue weighted by molar-refractivity contribution is -0.122. The van der Waals surface area contributed by atoms with E-state index >= 15 is 0 Å². The van der Waals surface area contributed by atoms with Crippen molar-refractivity contribution in [1.82, 2.24) is 9.88 Å². The van der Waals surface area contributed by atoms with E-state index in [1.807, 2.05) is 62.5 Å². The zero-order chi connectivity index (χ0) is 21.5. The molecule has 156 valence electrons. The van der Waals surface area contributed by atoms with Crippen molar-refractivity contribution in [1.29, 1.82) is 0 Å². The van der Waals surface area contributed by atoms with Crippen LogP contribution in [0.4, 0.5) is 11.4 Å². The third-order valence-electron chi connectivity index (χ3n) is 5.25. The molecule has 2 aliphatic heterocycles. The number of hydrogen-bond acceptors (Lipinski definition) is 7. The lowest BCUT2D eigenvalue weighted by Gasteiger charge is -2.15. The maximum absolute atomic E-state index is 13.3. The van der Waals surface area contributed by atoms with E-state index in [9.17, 15) is 4.79 Å². The molecule has 0 N–H and O–H groups in total. The highest BCUT2D eigenvalue weighted by Crippen LogP contribution is 2.51. The van der Waals surface area contributed by atoms with Gasteiger partial charge < -0.3 is 9.64 Å². The average molecular weight is 449 g/mol. The lowest BCUT2D eigenvalue weighted by Crippen LogP contribution is -2.29. The maximum atomic E-state index is 13.3. The van der Waals surface area contributed by atoms with Gasteiger partial charge in [-0.15, -0.1) is 0 Å². The Hall–Kier alpha value is -2.97. The molecular formula is C23H20N4O2S2. The van der Waals surface area contributed by atoms with Crippen LogP contribution in [-0.4, -0.2) is 41.7 Å². The van der Waals surface area contributed by atoms with Crippen molar-refractivity contribution in [2.24, 2.45) is 4.99 Å². The Balaban J connectivity index is 1.56. The number of methoxy groups -OCH3 is 1. The Morgan fingerprint density at radius 1 is 1.13 bits per heavy atom. The van der Waals surface area contributed by atoms with E-state index in [2.05, 4.69) is 9.88 Å². The number of anilines is 1. The number of hydrogen-bond donors (Lipinski definition) is 0. The van der Waals surface area contributed by atoms with Gasteiger partial charge in [-0.05, 0) is 55.1 Å². The molecule has 0 spiro atoms. The Kier molecular flexibility index (Phi) is 5.11. The number of aromatic nitrogens is 1. The molecule has 1 amide bonds. The summed E-state index contributed by atoms with van der Waals surface area (Å²) in [6.07, 6.45) is 1.77. The lowest BCUT2D eigenvalue weighted by atomic mass is 10.2. The number of fused-ring (bicyclic) bond motifs is 2. The van der Waals surface area contributed by atoms with E-state index in [1.165, 1.54) is 11.8 Å². The zero-order valence-corrected chi connectivity index (χ0v) is 19.0. The van der Waals surface area contributed by atoms with Gasteiger partial charge in [-0.1, -0.05) is 17.8 Å². The summed E-state index contributed by atoms with van der Waals surface area (Å²) in [5, 5.41) is 2.57. The molecule has 0 bridgehead atoms. The topological polar surface area (TPSA) is 58.0 Å². The number of amides is 1. The molecular weight excluding hydrogens is 428 g/mol. The molecule has 3 aromatic rings. The van der Waals surface area contributed by atoms with Crippen molar-refractivity contribution in [2.45, 2.75) is 11.8 Å². The first-order chi connectivity index (χ1) is 15.1. The molecule has 0 aliphatic carbocycles. The number of carbonyl (C=O) groups is 1.